The summed E-state index contributed by atoms with van der Waals surface area (Å²) in [7, 11) is 2.88. The Bertz CT molecular complexity index is 1450. The van der Waals surface area contributed by atoms with E-state index < -0.39 is 31.1 Å². The number of carbonyl (C=O) groups is 2. The highest BCUT2D eigenvalue weighted by Gasteiger charge is 2.26. The first-order valence-electron chi connectivity index (χ1n) is 13.1. The number of aromatic nitrogens is 1. The largest absolute Gasteiger partial charge is 0.619 e. The molecule has 1 N–H and O–H groups in total. The number of nitrogens with one attached hydrogen (secondary N) is 1. The van der Waals surface area contributed by atoms with Crippen LogP contribution in [0.15, 0.2) is 48.8 Å². The molecule has 0 unspecified atom stereocenters. The van der Waals surface area contributed by atoms with Crippen molar-refractivity contribution < 1.29 is 46.8 Å². The van der Waals surface area contributed by atoms with Gasteiger partial charge >= 0.3 is 12.6 Å². The van der Waals surface area contributed by atoms with Crippen LogP contribution in [-0.2, 0) is 16.0 Å². The Balaban J connectivity index is 1.56. The number of esters is 1. The second-order valence-corrected chi connectivity index (χ2v) is 10.4. The molecule has 1 saturated carbocycles. The molecule has 1 aliphatic carbocycles. The number of benzene rings is 2. The Kier molecular flexibility index (Phi) is 10.7. The summed E-state index contributed by atoms with van der Waals surface area (Å²) in [5, 5.41) is 14.3. The van der Waals surface area contributed by atoms with Crippen molar-refractivity contribution in [3.8, 4) is 23.0 Å². The van der Waals surface area contributed by atoms with Crippen LogP contribution in [0.1, 0.15) is 40.4 Å². The van der Waals surface area contributed by atoms with E-state index >= 15 is 0 Å². The molecule has 0 saturated heterocycles. The second kappa shape index (κ2) is 14.4. The fraction of sp³-hybridized carbons (Fsp3) is 0.345. The average Bonchev–Trinajstić information content (AvgIpc) is 3.80. The molecule has 0 radical (unpaired) electrons. The topological polar surface area (TPSA) is 119 Å². The molecule has 43 heavy (non-hydrogen) atoms. The Hall–Kier alpha value is -4.03. The number of hydrogen-bond donors (Lipinski definition) is 1. The molecule has 0 bridgehead atoms. The molecule has 4 rings (SSSR count). The minimum Gasteiger partial charge on any atom is -0.619 e. The number of methoxy groups -OCH3 is 2. The summed E-state index contributed by atoms with van der Waals surface area (Å²) < 4.78 is 53.0. The molecule has 1 fully saturated rings. The van der Waals surface area contributed by atoms with Crippen LogP contribution in [0.2, 0.25) is 10.0 Å². The van der Waals surface area contributed by atoms with Gasteiger partial charge in [-0.2, -0.15) is 13.5 Å². The van der Waals surface area contributed by atoms with E-state index in [1.165, 1.54) is 44.6 Å². The fourth-order valence-electron chi connectivity index (χ4n) is 4.09. The van der Waals surface area contributed by atoms with Gasteiger partial charge in [0.1, 0.15) is 22.7 Å². The maximum absolute atomic E-state index is 13.1. The standard InChI is InChI=1S/C29H28Cl2F2N2O8/c1-39-22-7-6-18(10-25(22)40-2)28(37)34-12-27(36)42-24(11-19-20(30)13-35(38)14-21(19)31)17-5-8-23(43-29(32)33)26(9-17)41-15-16-3-4-16/h5-10,13-14,16,24,29H,3-4,11-12,15H2,1-2H3,(H,34,37)/t24-/m0/s1. The molecule has 1 heterocycles. The third-order valence-corrected chi connectivity index (χ3v) is 7.14. The van der Waals surface area contributed by atoms with Crippen molar-refractivity contribution in [1.29, 1.82) is 0 Å². The van der Waals surface area contributed by atoms with Crippen LogP contribution in [0.4, 0.5) is 8.78 Å². The maximum Gasteiger partial charge on any atom is 0.387 e. The first-order chi connectivity index (χ1) is 20.6. The van der Waals surface area contributed by atoms with Gasteiger partial charge in [-0.25, -0.2) is 0 Å². The summed E-state index contributed by atoms with van der Waals surface area (Å²) >= 11 is 12.6. The van der Waals surface area contributed by atoms with Crippen LogP contribution in [0.25, 0.3) is 0 Å². The molecular weight excluding hydrogens is 613 g/mol. The van der Waals surface area contributed by atoms with Gasteiger partial charge in [-0.05, 0) is 54.7 Å². The van der Waals surface area contributed by atoms with Crippen LogP contribution in [0, 0.1) is 11.1 Å². The molecule has 230 valence electrons. The minimum absolute atomic E-state index is 0.0214. The van der Waals surface area contributed by atoms with E-state index in [2.05, 4.69) is 10.1 Å². The number of halogens is 4. The number of ether oxygens (including phenoxy) is 5. The van der Waals surface area contributed by atoms with Gasteiger partial charge in [0.2, 0.25) is 0 Å². The van der Waals surface area contributed by atoms with E-state index in [1.807, 2.05) is 0 Å². The van der Waals surface area contributed by atoms with Crippen molar-refractivity contribution in [1.82, 2.24) is 5.32 Å². The van der Waals surface area contributed by atoms with Crippen LogP contribution < -0.4 is 29.0 Å². The number of alkyl halides is 2. The van der Waals surface area contributed by atoms with Gasteiger partial charge in [0.25, 0.3) is 5.91 Å². The minimum atomic E-state index is -3.09. The normalized spacial score (nSPS) is 13.3. The van der Waals surface area contributed by atoms with Crippen LogP contribution >= 0.6 is 23.2 Å². The van der Waals surface area contributed by atoms with Gasteiger partial charge in [-0.1, -0.05) is 29.3 Å². The van der Waals surface area contributed by atoms with Gasteiger partial charge in [-0.15, -0.1) is 0 Å². The summed E-state index contributed by atoms with van der Waals surface area (Å²) in [6.07, 6.45) is 2.94. The van der Waals surface area contributed by atoms with Crippen molar-refractivity contribution in [2.24, 2.45) is 5.92 Å². The summed E-state index contributed by atoms with van der Waals surface area (Å²) in [6, 6.07) is 8.64. The summed E-state index contributed by atoms with van der Waals surface area (Å²) in [5.41, 5.74) is 0.858. The van der Waals surface area contributed by atoms with Gasteiger partial charge in [0, 0.05) is 17.5 Å². The van der Waals surface area contributed by atoms with Gasteiger partial charge in [0.15, 0.2) is 35.4 Å². The zero-order valence-corrected chi connectivity index (χ0v) is 24.6. The van der Waals surface area contributed by atoms with E-state index in [1.54, 1.807) is 6.07 Å². The molecule has 0 aliphatic heterocycles. The Morgan fingerprint density at radius 1 is 1.00 bits per heavy atom. The molecule has 2 aromatic carbocycles. The summed E-state index contributed by atoms with van der Waals surface area (Å²) in [5.74, 6) is -0.487. The number of hydrogen-bond acceptors (Lipinski definition) is 8. The third-order valence-electron chi connectivity index (χ3n) is 6.49. The predicted molar refractivity (Wildman–Crippen MR) is 151 cm³/mol. The zero-order valence-electron chi connectivity index (χ0n) is 23.1. The van der Waals surface area contributed by atoms with Crippen LogP contribution in [0.3, 0.4) is 0 Å². The van der Waals surface area contributed by atoms with Crippen LogP contribution in [-0.4, -0.2) is 45.9 Å². The van der Waals surface area contributed by atoms with E-state index in [0.29, 0.717) is 39.9 Å². The lowest BCUT2D eigenvalue weighted by atomic mass is 10.0. The van der Waals surface area contributed by atoms with E-state index in [9.17, 15) is 23.6 Å². The number of carbonyl (C=O) groups excluding carboxylic acids is 2. The molecule has 3 aromatic rings. The van der Waals surface area contributed by atoms with Crippen molar-refractivity contribution in [3.05, 3.63) is 80.7 Å². The highest BCUT2D eigenvalue weighted by atomic mass is 35.5. The maximum atomic E-state index is 13.1. The monoisotopic (exact) mass is 640 g/mol. The predicted octanol–water partition coefficient (Wildman–Crippen LogP) is 5.29. The first-order valence-corrected chi connectivity index (χ1v) is 13.8. The molecule has 14 heteroatoms. The zero-order chi connectivity index (χ0) is 31.1. The summed E-state index contributed by atoms with van der Waals surface area (Å²) in [4.78, 5) is 25.7. The molecule has 0 spiro atoms. The molecule has 10 nitrogen and oxygen atoms in total. The van der Waals surface area contributed by atoms with Crippen molar-refractivity contribution >= 4 is 35.1 Å². The van der Waals surface area contributed by atoms with Crippen molar-refractivity contribution in [2.75, 3.05) is 27.4 Å². The lowest BCUT2D eigenvalue weighted by Crippen LogP contribution is -2.31. The van der Waals surface area contributed by atoms with E-state index in [4.69, 9.17) is 42.1 Å². The van der Waals surface area contributed by atoms with Crippen molar-refractivity contribution in [2.45, 2.75) is 32.0 Å². The number of rotatable bonds is 14. The lowest BCUT2D eigenvalue weighted by molar-refractivity contribution is -0.605. The SMILES string of the molecule is COc1ccc(C(=O)NCC(=O)O[C@@H](Cc2c(Cl)c[n+]([O-])cc2Cl)c2ccc(OC(F)F)c(OCC3CC3)c2)cc1OC. The quantitative estimate of drug-likeness (QED) is 0.143. The summed E-state index contributed by atoms with van der Waals surface area (Å²) in [6.45, 7) is -3.30. The highest BCUT2D eigenvalue weighted by Crippen LogP contribution is 2.38. The molecular formula is C29H28Cl2F2N2O8. The number of pyridine rings is 1. The van der Waals surface area contributed by atoms with Gasteiger partial charge in [0.05, 0.1) is 20.8 Å². The van der Waals surface area contributed by atoms with Crippen LogP contribution in [0.5, 0.6) is 23.0 Å². The first kappa shape index (κ1) is 31.9. The molecule has 1 aromatic heterocycles. The Morgan fingerprint density at radius 2 is 1.67 bits per heavy atom. The average molecular weight is 641 g/mol. The molecule has 1 amide bonds. The van der Waals surface area contributed by atoms with Gasteiger partial charge < -0.3 is 34.2 Å². The highest BCUT2D eigenvalue weighted by molar-refractivity contribution is 6.35. The Labute approximate surface area is 255 Å². The van der Waals surface area contributed by atoms with Crippen molar-refractivity contribution in [3.63, 3.8) is 0 Å². The fourth-order valence-corrected chi connectivity index (χ4v) is 4.69. The third kappa shape index (κ3) is 8.74. The number of nitrogens with zero attached hydrogens (tertiary/aromatic N) is 1. The van der Waals surface area contributed by atoms with E-state index in [-0.39, 0.29) is 33.5 Å². The van der Waals surface area contributed by atoms with Gasteiger partial charge in [-0.3, -0.25) is 9.59 Å². The Morgan fingerprint density at radius 3 is 2.30 bits per heavy atom. The smallest absolute Gasteiger partial charge is 0.387 e. The number of amides is 1. The lowest BCUT2D eigenvalue weighted by Gasteiger charge is -2.21. The van der Waals surface area contributed by atoms with E-state index in [0.717, 1.165) is 25.2 Å². The molecule has 1 aliphatic rings. The molecule has 1 atom stereocenters. The second-order valence-electron chi connectivity index (χ2n) is 9.57.